The Morgan fingerprint density at radius 1 is 1.23 bits per heavy atom. The van der Waals surface area contributed by atoms with Crippen LogP contribution < -0.4 is 4.74 Å². The van der Waals surface area contributed by atoms with Gasteiger partial charge in [0.1, 0.15) is 13.0 Å². The molecule has 7 nitrogen and oxygen atoms in total. The molecule has 0 amide bonds. The summed E-state index contributed by atoms with van der Waals surface area (Å²) < 4.78 is 58.1. The van der Waals surface area contributed by atoms with Gasteiger partial charge in [-0.05, 0) is 29.8 Å². The normalized spacial score (nSPS) is 12.1. The van der Waals surface area contributed by atoms with Crippen LogP contribution in [0.5, 0.6) is 5.88 Å². The Labute approximate surface area is 167 Å². The molecule has 0 atom stereocenters. The van der Waals surface area contributed by atoms with Crippen molar-refractivity contribution in [2.24, 2.45) is 0 Å². The van der Waals surface area contributed by atoms with Gasteiger partial charge in [-0.15, -0.1) is 5.10 Å². The lowest BCUT2D eigenvalue weighted by Gasteiger charge is -2.09. The molecular formula is C19H14F4N4O3. The van der Waals surface area contributed by atoms with Gasteiger partial charge in [-0.3, -0.25) is 0 Å². The van der Waals surface area contributed by atoms with E-state index in [2.05, 4.69) is 15.1 Å². The number of hydrogen-bond acceptors (Lipinski definition) is 5. The van der Waals surface area contributed by atoms with Gasteiger partial charge in [0.05, 0.1) is 18.2 Å². The monoisotopic (exact) mass is 422 g/mol. The molecule has 0 spiro atoms. The number of halogens is 4. The van der Waals surface area contributed by atoms with E-state index in [1.807, 2.05) is 0 Å². The summed E-state index contributed by atoms with van der Waals surface area (Å²) in [5.41, 5.74) is -1.20. The molecule has 3 aromatic rings. The number of ether oxygens (including phenoxy) is 1. The average molecular weight is 422 g/mol. The first-order valence-corrected chi connectivity index (χ1v) is 8.35. The van der Waals surface area contributed by atoms with E-state index in [9.17, 15) is 27.5 Å². The summed E-state index contributed by atoms with van der Waals surface area (Å²) in [6.07, 6.45) is -1.12. The van der Waals surface area contributed by atoms with E-state index in [0.29, 0.717) is 11.9 Å². The number of aromatic nitrogens is 4. The summed E-state index contributed by atoms with van der Waals surface area (Å²) in [5, 5.41) is 13.5. The first kappa shape index (κ1) is 21.0. The van der Waals surface area contributed by atoms with Crippen LogP contribution in [0.25, 0.3) is 23.2 Å². The highest BCUT2D eigenvalue weighted by Crippen LogP contribution is 2.33. The minimum Gasteiger partial charge on any atom is -0.481 e. The molecule has 11 heteroatoms. The number of carboxylic acid groups (broad SMARTS) is 1. The standard InChI is InChI=1S/C19H14F4N4O3/c1-30-16-3-2-12(8-24-16)15(18(28)29)9-27-10-25-17(26-27)13-4-11(7-20)5-14(6-13)19(21,22)23/h2-6,8-10H,7H2,1H3,(H,28,29)/b15-9+. The van der Waals surface area contributed by atoms with E-state index in [-0.39, 0.29) is 28.1 Å². The Kier molecular flexibility index (Phi) is 5.81. The summed E-state index contributed by atoms with van der Waals surface area (Å²) in [6, 6.07) is 5.65. The van der Waals surface area contributed by atoms with E-state index in [1.54, 1.807) is 0 Å². The van der Waals surface area contributed by atoms with Crippen LogP contribution in [-0.2, 0) is 17.6 Å². The maximum absolute atomic E-state index is 13.0. The molecule has 2 heterocycles. The molecule has 0 saturated carbocycles. The predicted molar refractivity (Wildman–Crippen MR) is 97.9 cm³/mol. The van der Waals surface area contributed by atoms with Crippen molar-refractivity contribution in [2.45, 2.75) is 12.9 Å². The molecule has 0 saturated heterocycles. The van der Waals surface area contributed by atoms with Crippen molar-refractivity contribution >= 4 is 17.7 Å². The van der Waals surface area contributed by atoms with E-state index >= 15 is 0 Å². The second-order valence-corrected chi connectivity index (χ2v) is 6.04. The number of alkyl halides is 4. The van der Waals surface area contributed by atoms with Crippen LogP contribution in [0.15, 0.2) is 42.9 Å². The van der Waals surface area contributed by atoms with Crippen LogP contribution in [0.1, 0.15) is 16.7 Å². The van der Waals surface area contributed by atoms with Gasteiger partial charge in [-0.2, -0.15) is 13.2 Å². The Bertz CT molecular complexity index is 1090. The molecule has 0 bridgehead atoms. The fourth-order valence-corrected chi connectivity index (χ4v) is 2.58. The third-order valence-corrected chi connectivity index (χ3v) is 3.99. The Morgan fingerprint density at radius 3 is 2.57 bits per heavy atom. The van der Waals surface area contributed by atoms with Crippen LogP contribution in [-0.4, -0.2) is 37.9 Å². The molecule has 2 aromatic heterocycles. The van der Waals surface area contributed by atoms with E-state index in [0.717, 1.165) is 23.3 Å². The molecule has 1 aromatic carbocycles. The summed E-state index contributed by atoms with van der Waals surface area (Å²) in [7, 11) is 1.41. The van der Waals surface area contributed by atoms with Gasteiger partial charge in [0.25, 0.3) is 0 Å². The molecular weight excluding hydrogens is 408 g/mol. The molecule has 156 valence electrons. The zero-order valence-electron chi connectivity index (χ0n) is 15.4. The number of aliphatic carboxylic acids is 1. The van der Waals surface area contributed by atoms with Gasteiger partial charge in [0.2, 0.25) is 5.88 Å². The van der Waals surface area contributed by atoms with Crippen molar-refractivity contribution in [1.82, 2.24) is 19.7 Å². The van der Waals surface area contributed by atoms with Crippen molar-refractivity contribution in [3.63, 3.8) is 0 Å². The van der Waals surface area contributed by atoms with E-state index in [1.165, 1.54) is 31.5 Å². The molecule has 30 heavy (non-hydrogen) atoms. The molecule has 0 unspecified atom stereocenters. The maximum atomic E-state index is 13.0. The van der Waals surface area contributed by atoms with E-state index < -0.39 is 24.4 Å². The van der Waals surface area contributed by atoms with Gasteiger partial charge in [0.15, 0.2) is 5.82 Å². The molecule has 0 fully saturated rings. The zero-order valence-corrected chi connectivity index (χ0v) is 15.4. The smallest absolute Gasteiger partial charge is 0.416 e. The fourth-order valence-electron chi connectivity index (χ4n) is 2.58. The van der Waals surface area contributed by atoms with Crippen molar-refractivity contribution in [3.8, 4) is 17.3 Å². The maximum Gasteiger partial charge on any atom is 0.416 e. The van der Waals surface area contributed by atoms with Gasteiger partial charge in [-0.1, -0.05) is 0 Å². The van der Waals surface area contributed by atoms with Gasteiger partial charge >= 0.3 is 12.1 Å². The first-order valence-electron chi connectivity index (χ1n) is 8.35. The lowest BCUT2D eigenvalue weighted by Crippen LogP contribution is -2.06. The molecule has 0 radical (unpaired) electrons. The molecule has 0 aliphatic heterocycles. The van der Waals surface area contributed by atoms with Crippen molar-refractivity contribution < 1.29 is 32.2 Å². The van der Waals surface area contributed by atoms with Crippen LogP contribution >= 0.6 is 0 Å². The van der Waals surface area contributed by atoms with Crippen molar-refractivity contribution in [1.29, 1.82) is 0 Å². The van der Waals surface area contributed by atoms with Gasteiger partial charge in [0, 0.05) is 29.6 Å². The number of hydrogen-bond donors (Lipinski definition) is 1. The number of carboxylic acids is 1. The zero-order chi connectivity index (χ0) is 21.9. The largest absolute Gasteiger partial charge is 0.481 e. The van der Waals surface area contributed by atoms with E-state index in [4.69, 9.17) is 4.74 Å². The summed E-state index contributed by atoms with van der Waals surface area (Å²) in [4.78, 5) is 19.5. The summed E-state index contributed by atoms with van der Waals surface area (Å²) in [6.45, 7) is -1.09. The first-order chi connectivity index (χ1) is 14.2. The van der Waals surface area contributed by atoms with Crippen LogP contribution in [0, 0.1) is 0 Å². The second-order valence-electron chi connectivity index (χ2n) is 6.04. The molecule has 1 N–H and O–H groups in total. The molecule has 3 rings (SSSR count). The lowest BCUT2D eigenvalue weighted by atomic mass is 10.1. The van der Waals surface area contributed by atoms with Crippen molar-refractivity contribution in [2.75, 3.05) is 7.11 Å². The number of pyridine rings is 1. The third kappa shape index (κ3) is 4.62. The molecule has 0 aliphatic rings. The Balaban J connectivity index is 1.99. The van der Waals surface area contributed by atoms with Crippen LogP contribution in [0.4, 0.5) is 17.6 Å². The highest BCUT2D eigenvalue weighted by Gasteiger charge is 2.31. The summed E-state index contributed by atoms with van der Waals surface area (Å²) >= 11 is 0. The minimum absolute atomic E-state index is 0.0485. The predicted octanol–water partition coefficient (Wildman–Crippen LogP) is 3.92. The lowest BCUT2D eigenvalue weighted by molar-refractivity contribution is -0.137. The average Bonchev–Trinajstić information content (AvgIpc) is 3.19. The highest BCUT2D eigenvalue weighted by atomic mass is 19.4. The van der Waals surface area contributed by atoms with Crippen molar-refractivity contribution in [3.05, 3.63) is 59.5 Å². The van der Waals surface area contributed by atoms with Gasteiger partial charge < -0.3 is 9.84 Å². The Morgan fingerprint density at radius 2 is 2.00 bits per heavy atom. The Hall–Kier alpha value is -3.76. The third-order valence-electron chi connectivity index (χ3n) is 3.99. The quantitative estimate of drug-likeness (QED) is 0.478. The number of rotatable bonds is 6. The number of carbonyl (C=O) groups is 1. The van der Waals surface area contributed by atoms with Gasteiger partial charge in [-0.25, -0.2) is 23.8 Å². The second kappa shape index (κ2) is 8.31. The SMILES string of the molecule is COc1ccc(/C(=C\n2cnc(-c3cc(CF)cc(C(F)(F)F)c3)n2)C(=O)O)cn1. The number of methoxy groups -OCH3 is 1. The topological polar surface area (TPSA) is 90.1 Å². The molecule has 0 aliphatic carbocycles. The summed E-state index contributed by atoms with van der Waals surface area (Å²) in [5.74, 6) is -1.11. The minimum atomic E-state index is -4.67. The highest BCUT2D eigenvalue weighted by molar-refractivity contribution is 6.19. The number of nitrogens with zero attached hydrogens (tertiary/aromatic N) is 4. The fraction of sp³-hybridized carbons (Fsp3) is 0.158. The number of benzene rings is 1. The van der Waals surface area contributed by atoms with Crippen LogP contribution in [0.2, 0.25) is 0 Å². The van der Waals surface area contributed by atoms with Crippen LogP contribution in [0.3, 0.4) is 0 Å².